The molecule has 158 valence electrons. The van der Waals surface area contributed by atoms with Crippen LogP contribution in [0.25, 0.3) is 5.65 Å². The Kier molecular flexibility index (Phi) is 5.70. The van der Waals surface area contributed by atoms with Gasteiger partial charge in [0, 0.05) is 12.4 Å². The molecule has 0 fully saturated rings. The summed E-state index contributed by atoms with van der Waals surface area (Å²) in [6.45, 7) is 1.92. The van der Waals surface area contributed by atoms with Gasteiger partial charge in [-0.25, -0.2) is 4.98 Å². The SMILES string of the molecule is COc1ccccc1NC(=O)CN(Cc1ccco1)C(=O)c1cn2ccc(C)cc2n1. The third-order valence-corrected chi connectivity index (χ3v) is 4.76. The van der Waals surface area contributed by atoms with Crippen molar-refractivity contribution in [1.29, 1.82) is 0 Å². The Morgan fingerprint density at radius 3 is 2.81 bits per heavy atom. The maximum absolute atomic E-state index is 13.2. The minimum absolute atomic E-state index is 0.137. The molecule has 0 saturated carbocycles. The number of anilines is 1. The standard InChI is InChI=1S/C23H22N4O4/c1-16-9-10-26-14-19(24-21(26)12-16)23(29)27(13-17-6-5-11-31-17)15-22(28)25-18-7-3-4-8-20(18)30-2/h3-12,14H,13,15H2,1-2H3,(H,25,28). The van der Waals surface area contributed by atoms with E-state index in [2.05, 4.69) is 10.3 Å². The number of amides is 2. The number of hydrogen-bond acceptors (Lipinski definition) is 5. The van der Waals surface area contributed by atoms with E-state index in [-0.39, 0.29) is 30.6 Å². The molecule has 0 aliphatic carbocycles. The second-order valence-corrected chi connectivity index (χ2v) is 7.08. The molecule has 31 heavy (non-hydrogen) atoms. The summed E-state index contributed by atoms with van der Waals surface area (Å²) < 4.78 is 12.4. The summed E-state index contributed by atoms with van der Waals surface area (Å²) in [5, 5.41) is 2.80. The van der Waals surface area contributed by atoms with Crippen LogP contribution in [-0.2, 0) is 11.3 Å². The summed E-state index contributed by atoms with van der Waals surface area (Å²) in [4.78, 5) is 31.8. The number of aryl methyl sites for hydroxylation is 1. The lowest BCUT2D eigenvalue weighted by molar-refractivity contribution is -0.117. The van der Waals surface area contributed by atoms with Crippen molar-refractivity contribution in [1.82, 2.24) is 14.3 Å². The average Bonchev–Trinajstić information content (AvgIpc) is 3.42. The lowest BCUT2D eigenvalue weighted by Crippen LogP contribution is -2.37. The number of carbonyl (C=O) groups excluding carboxylic acids is 2. The van der Waals surface area contributed by atoms with Gasteiger partial charge in [-0.2, -0.15) is 0 Å². The van der Waals surface area contributed by atoms with Gasteiger partial charge in [0.2, 0.25) is 5.91 Å². The molecule has 3 aromatic heterocycles. The smallest absolute Gasteiger partial charge is 0.274 e. The average molecular weight is 418 g/mol. The minimum atomic E-state index is -0.368. The first-order valence-electron chi connectivity index (χ1n) is 9.73. The molecule has 1 N–H and O–H groups in total. The molecule has 0 bridgehead atoms. The number of nitrogens with one attached hydrogen (secondary N) is 1. The van der Waals surface area contributed by atoms with E-state index in [1.165, 1.54) is 18.3 Å². The number of pyridine rings is 1. The molecule has 0 saturated heterocycles. The van der Waals surface area contributed by atoms with E-state index in [0.29, 0.717) is 22.8 Å². The van der Waals surface area contributed by atoms with E-state index < -0.39 is 0 Å². The zero-order chi connectivity index (χ0) is 21.8. The Balaban J connectivity index is 1.57. The van der Waals surface area contributed by atoms with E-state index in [1.807, 2.05) is 31.3 Å². The molecule has 3 heterocycles. The van der Waals surface area contributed by atoms with Crippen molar-refractivity contribution < 1.29 is 18.7 Å². The van der Waals surface area contributed by atoms with Gasteiger partial charge in [0.05, 0.1) is 25.6 Å². The van der Waals surface area contributed by atoms with Gasteiger partial charge in [-0.1, -0.05) is 12.1 Å². The molecule has 0 aliphatic heterocycles. The number of para-hydroxylation sites is 2. The molecule has 4 aromatic rings. The highest BCUT2D eigenvalue weighted by Crippen LogP contribution is 2.23. The lowest BCUT2D eigenvalue weighted by atomic mass is 10.3. The molecule has 2 amide bonds. The highest BCUT2D eigenvalue weighted by molar-refractivity contribution is 5.99. The summed E-state index contributed by atoms with van der Waals surface area (Å²) in [6, 6.07) is 14.4. The fourth-order valence-corrected chi connectivity index (χ4v) is 3.25. The van der Waals surface area contributed by atoms with Gasteiger partial charge in [-0.3, -0.25) is 9.59 Å². The summed E-state index contributed by atoms with van der Waals surface area (Å²) in [6.07, 6.45) is 5.03. The van der Waals surface area contributed by atoms with Gasteiger partial charge < -0.3 is 23.8 Å². The van der Waals surface area contributed by atoms with Crippen LogP contribution in [0.5, 0.6) is 5.75 Å². The predicted octanol–water partition coefficient (Wildman–Crippen LogP) is 3.53. The first-order valence-corrected chi connectivity index (χ1v) is 9.73. The number of furan rings is 1. The van der Waals surface area contributed by atoms with E-state index in [0.717, 1.165) is 5.56 Å². The lowest BCUT2D eigenvalue weighted by Gasteiger charge is -2.20. The first kappa shape index (κ1) is 20.2. The molecular formula is C23H22N4O4. The molecule has 0 unspecified atom stereocenters. The van der Waals surface area contributed by atoms with Crippen molar-refractivity contribution in [2.75, 3.05) is 19.0 Å². The van der Waals surface area contributed by atoms with Crippen LogP contribution in [0.1, 0.15) is 21.8 Å². The molecule has 8 heteroatoms. The quantitative estimate of drug-likeness (QED) is 0.496. The van der Waals surface area contributed by atoms with E-state index in [1.54, 1.807) is 40.9 Å². The Bertz CT molecular complexity index is 1210. The molecule has 1 aromatic carbocycles. The van der Waals surface area contributed by atoms with Crippen LogP contribution >= 0.6 is 0 Å². The topological polar surface area (TPSA) is 89.1 Å². The van der Waals surface area contributed by atoms with Crippen LogP contribution in [0.3, 0.4) is 0 Å². The molecule has 0 atom stereocenters. The van der Waals surface area contributed by atoms with Gasteiger partial charge >= 0.3 is 0 Å². The number of ether oxygens (including phenoxy) is 1. The normalized spacial score (nSPS) is 10.8. The number of rotatable bonds is 7. The van der Waals surface area contributed by atoms with Crippen molar-refractivity contribution in [2.24, 2.45) is 0 Å². The third kappa shape index (κ3) is 4.58. The number of carbonyl (C=O) groups is 2. The molecule has 0 aliphatic rings. The highest BCUT2D eigenvalue weighted by atomic mass is 16.5. The van der Waals surface area contributed by atoms with Gasteiger partial charge in [0.15, 0.2) is 0 Å². The number of nitrogens with zero attached hydrogens (tertiary/aromatic N) is 3. The van der Waals surface area contributed by atoms with Crippen molar-refractivity contribution >= 4 is 23.1 Å². The highest BCUT2D eigenvalue weighted by Gasteiger charge is 2.23. The number of hydrogen-bond donors (Lipinski definition) is 1. The van der Waals surface area contributed by atoms with Crippen molar-refractivity contribution in [2.45, 2.75) is 13.5 Å². The van der Waals surface area contributed by atoms with E-state index in [4.69, 9.17) is 9.15 Å². The van der Waals surface area contributed by atoms with Crippen molar-refractivity contribution in [3.63, 3.8) is 0 Å². The minimum Gasteiger partial charge on any atom is -0.495 e. The first-order chi connectivity index (χ1) is 15.0. The second kappa shape index (κ2) is 8.74. The number of aromatic nitrogens is 2. The number of imidazole rings is 1. The van der Waals surface area contributed by atoms with Crippen molar-refractivity contribution in [3.8, 4) is 5.75 Å². The third-order valence-electron chi connectivity index (χ3n) is 4.76. The zero-order valence-corrected chi connectivity index (χ0v) is 17.2. The Labute approximate surface area is 179 Å². The second-order valence-electron chi connectivity index (χ2n) is 7.08. The van der Waals surface area contributed by atoms with Crippen LogP contribution in [0.4, 0.5) is 5.69 Å². The summed E-state index contributed by atoms with van der Waals surface area (Å²) in [5.41, 5.74) is 2.49. The fraction of sp³-hybridized carbons (Fsp3) is 0.174. The van der Waals surface area contributed by atoms with Crippen molar-refractivity contribution in [3.05, 3.63) is 84.2 Å². The predicted molar refractivity (Wildman–Crippen MR) is 115 cm³/mol. The fourth-order valence-electron chi connectivity index (χ4n) is 3.25. The Hall–Kier alpha value is -4.07. The van der Waals surface area contributed by atoms with Gasteiger partial charge in [0.25, 0.3) is 5.91 Å². The van der Waals surface area contributed by atoms with Gasteiger partial charge in [-0.15, -0.1) is 0 Å². The summed E-state index contributed by atoms with van der Waals surface area (Å²) >= 11 is 0. The van der Waals surface area contributed by atoms with Gasteiger partial charge in [0.1, 0.15) is 29.4 Å². The maximum atomic E-state index is 13.2. The number of fused-ring (bicyclic) bond motifs is 1. The maximum Gasteiger partial charge on any atom is 0.274 e. The van der Waals surface area contributed by atoms with Crippen LogP contribution < -0.4 is 10.1 Å². The molecule has 0 spiro atoms. The number of methoxy groups -OCH3 is 1. The monoisotopic (exact) mass is 418 g/mol. The zero-order valence-electron chi connectivity index (χ0n) is 17.2. The van der Waals surface area contributed by atoms with Crippen LogP contribution in [-0.4, -0.2) is 39.8 Å². The largest absolute Gasteiger partial charge is 0.495 e. The Morgan fingerprint density at radius 1 is 1.19 bits per heavy atom. The molecule has 4 rings (SSSR count). The number of benzene rings is 1. The molecule has 0 radical (unpaired) electrons. The van der Waals surface area contributed by atoms with Crippen LogP contribution in [0.15, 0.2) is 71.6 Å². The molecular weight excluding hydrogens is 396 g/mol. The van der Waals surface area contributed by atoms with Crippen LogP contribution in [0, 0.1) is 6.92 Å². The summed E-state index contributed by atoms with van der Waals surface area (Å²) in [5.74, 6) is 0.380. The van der Waals surface area contributed by atoms with E-state index >= 15 is 0 Å². The molecule has 8 nitrogen and oxygen atoms in total. The van der Waals surface area contributed by atoms with Gasteiger partial charge in [-0.05, 0) is 48.9 Å². The van der Waals surface area contributed by atoms with E-state index in [9.17, 15) is 9.59 Å². The van der Waals surface area contributed by atoms with Crippen LogP contribution in [0.2, 0.25) is 0 Å². The summed E-state index contributed by atoms with van der Waals surface area (Å²) in [7, 11) is 1.53. The Morgan fingerprint density at radius 2 is 2.03 bits per heavy atom.